The van der Waals surface area contributed by atoms with Crippen LogP contribution in [0.15, 0.2) is 372 Å². The molecule has 114 heavy (non-hydrogen) atoms. The second-order valence-corrected chi connectivity index (χ2v) is 28.5. The van der Waals surface area contributed by atoms with Gasteiger partial charge in [-0.2, -0.15) is 19.9 Å². The van der Waals surface area contributed by atoms with Crippen molar-refractivity contribution in [3.63, 3.8) is 0 Å². The molecule has 24 aromatic rings. The van der Waals surface area contributed by atoms with Gasteiger partial charge in [0.15, 0.2) is 23.3 Å². The van der Waals surface area contributed by atoms with Gasteiger partial charge in [-0.05, 0) is 118 Å². The summed E-state index contributed by atoms with van der Waals surface area (Å²) in [6.45, 7) is 0. The van der Waals surface area contributed by atoms with Crippen LogP contribution in [0.4, 0.5) is 0 Å². The third kappa shape index (κ3) is 10.7. The van der Waals surface area contributed by atoms with Gasteiger partial charge in [-0.25, -0.2) is 9.97 Å². The summed E-state index contributed by atoms with van der Waals surface area (Å²) in [5.41, 5.74) is 4.49. The van der Waals surface area contributed by atoms with Gasteiger partial charge in [-0.3, -0.25) is 9.13 Å². The fourth-order valence-electron chi connectivity index (χ4n) is 15.0. The van der Waals surface area contributed by atoms with Crippen molar-refractivity contribution in [1.82, 2.24) is 39.0 Å². The van der Waals surface area contributed by atoms with Crippen LogP contribution in [-0.2, 0) is 0 Å². The van der Waals surface area contributed by atoms with Crippen LogP contribution in [0, 0.1) is 0 Å². The van der Waals surface area contributed by atoms with E-state index in [-0.39, 0.29) is 183 Å². The molecule has 0 aliphatic rings. The normalized spacial score (nSPS) is 15.5. The van der Waals surface area contributed by atoms with E-state index in [4.69, 9.17) is 64.8 Å². The molecule has 0 spiro atoms. The minimum Gasteiger partial charge on any atom is -0.456 e. The molecule has 0 radical (unpaired) electrons. The molecular formula is C102H60N8O2S2. The van der Waals surface area contributed by atoms with E-state index in [1.165, 1.54) is 9.13 Å². The van der Waals surface area contributed by atoms with Crippen molar-refractivity contribution in [2.24, 2.45) is 0 Å². The van der Waals surface area contributed by atoms with E-state index in [1.54, 1.807) is 127 Å². The number of aromatic nitrogens is 8. The van der Waals surface area contributed by atoms with Crippen molar-refractivity contribution in [2.75, 3.05) is 0 Å². The third-order valence-corrected chi connectivity index (χ3v) is 22.2. The molecule has 16 aromatic carbocycles. The highest BCUT2D eigenvalue weighted by molar-refractivity contribution is 7.26. The molecule has 0 bridgehead atoms. The molecule has 0 aliphatic carbocycles. The van der Waals surface area contributed by atoms with Crippen LogP contribution in [-0.4, -0.2) is 39.0 Å². The zero-order chi connectivity index (χ0) is 101. The summed E-state index contributed by atoms with van der Waals surface area (Å²) in [6.07, 6.45) is 0. The first kappa shape index (κ1) is 41.8. The molecule has 0 unspecified atom stereocenters. The molecule has 12 heteroatoms. The van der Waals surface area contributed by atoms with E-state index in [9.17, 15) is 15.1 Å². The highest BCUT2D eigenvalue weighted by Crippen LogP contribution is 2.50. The Morgan fingerprint density at radius 1 is 0.246 bits per heavy atom. The van der Waals surface area contributed by atoms with Crippen molar-refractivity contribution in [3.05, 3.63) is 363 Å². The number of hydrogen-bond acceptors (Lipinski definition) is 10. The van der Waals surface area contributed by atoms with E-state index in [0.29, 0.717) is 65.6 Å². The molecule has 0 atom stereocenters. The topological polar surface area (TPSA) is 113 Å². The maximum absolute atomic E-state index is 10.2. The first-order valence-electron chi connectivity index (χ1n) is 50.6. The second kappa shape index (κ2) is 26.5. The van der Waals surface area contributed by atoms with Crippen LogP contribution in [0.1, 0.15) is 41.1 Å². The number of nitrogens with zero attached hydrogens (tertiary/aromatic N) is 8. The van der Waals surface area contributed by atoms with E-state index >= 15 is 0 Å². The Labute approximate surface area is 701 Å². The summed E-state index contributed by atoms with van der Waals surface area (Å²) in [5.74, 6) is -0.737. The molecular weight excluding hydrogens is 1430 g/mol. The maximum Gasteiger partial charge on any atom is 0.238 e. The number of para-hydroxylation sites is 2. The van der Waals surface area contributed by atoms with E-state index in [0.717, 1.165) is 33.8 Å². The summed E-state index contributed by atoms with van der Waals surface area (Å²) >= 11 is 1.94. The molecule has 0 saturated carbocycles. The predicted molar refractivity (Wildman–Crippen MR) is 472 cm³/mol. The van der Waals surface area contributed by atoms with Crippen LogP contribution in [0.25, 0.3) is 230 Å². The van der Waals surface area contributed by atoms with E-state index < -0.39 is 151 Å². The van der Waals surface area contributed by atoms with Gasteiger partial charge in [-0.1, -0.05) is 285 Å². The average molecular weight is 1520 g/mol. The molecule has 10 nitrogen and oxygen atoms in total. The summed E-state index contributed by atoms with van der Waals surface area (Å²) in [7, 11) is 0. The SMILES string of the molecule is [2H]c1c([2H])c(-c2ccccc2)c2c(oc3c([2H])c(-c4nc(-c5ccc(-c6ccccc6)cc5)nc(-n5c6c([2H])c([2H])c([2H])c([2H])c6c6c7c(sc8c([2H])c([2H])c([2H])c([2H])c87)c([2H])c([2H])c65)n4)c([2H])c([2H])c32)c1[2H].[2H]c1c([2H])c([2H])c(-c2cccc3oc4cc(-c5nc(-c6ccccc6)nc(-n6c7c([2H])c([2H])c([2H])c([2H])c7c7c8c(sc9c([2H])c([2H])c([2H])c([2H])c98)c(-c8ccccc8)c([2H])c76)n5)ccc4c23)c([2H])c1[2H]. The number of fused-ring (bicyclic) bond motifs is 20. The third-order valence-electron chi connectivity index (χ3n) is 20.0. The van der Waals surface area contributed by atoms with Crippen LogP contribution in [0.5, 0.6) is 0 Å². The lowest BCUT2D eigenvalue weighted by molar-refractivity contribution is 0.668. The Balaban J connectivity index is 0.000000160. The van der Waals surface area contributed by atoms with Crippen LogP contribution >= 0.6 is 22.7 Å². The molecule has 0 amide bonds. The molecule has 532 valence electrons. The Kier molecular flexibility index (Phi) is 9.71. The van der Waals surface area contributed by atoms with Crippen molar-refractivity contribution < 1.29 is 50.0 Å². The van der Waals surface area contributed by atoms with Gasteiger partial charge >= 0.3 is 0 Å². The highest BCUT2D eigenvalue weighted by atomic mass is 32.1. The number of hydrogen-bond donors (Lipinski definition) is 0. The fourth-order valence-corrected chi connectivity index (χ4v) is 17.1. The fraction of sp³-hybridized carbons (Fsp3) is 0. The van der Waals surface area contributed by atoms with E-state index in [2.05, 4.69) is 0 Å². The van der Waals surface area contributed by atoms with Gasteiger partial charge in [0.25, 0.3) is 0 Å². The summed E-state index contributed by atoms with van der Waals surface area (Å²) in [4.78, 5) is 29.4. The number of benzene rings is 16. The molecule has 8 heterocycles. The summed E-state index contributed by atoms with van der Waals surface area (Å²) in [5, 5.41) is 1.52. The maximum atomic E-state index is 10.2. The van der Waals surface area contributed by atoms with Gasteiger partial charge in [-0.15, -0.1) is 22.7 Å². The van der Waals surface area contributed by atoms with Crippen molar-refractivity contribution in [3.8, 4) is 102 Å². The lowest BCUT2D eigenvalue weighted by Crippen LogP contribution is -2.06. The molecule has 24 rings (SSSR count). The molecule has 0 fully saturated rings. The van der Waals surface area contributed by atoms with Gasteiger partial charge in [0, 0.05) is 111 Å². The standard InChI is InChI=1S/2C51H30N4OS/c1-4-15-31(16-5-1)35-23-14-25-42-45(35)37-28-27-34(29-43(37)56-42)50-52-49(33-19-8-3-9-20-33)53-51(54-50)55-40-24-12-10-21-36(40)46-41(55)30-39(32-17-6-2-7-18-32)48-47(46)38-22-11-13-26-44(38)57-48;1-3-12-31(13-4-1)32-22-24-34(25-23-32)49-52-50(35-26-27-38-43(30-35)56-42-20-11-18-36(46(38)42)33-14-5-2-6-15-33)54-51(53-49)55-40-19-9-7-16-37(40)47-41(55)28-29-45-48(47)39-17-8-10-21-44(39)57-45/h2*1-30H/i1D,4D,5D,10D,11D,12D,13D,15D,16D,21D,22D,24D,26D,30D;7D,8D,9D,10D,11D,16D,17D,18D,19D,20D,21D,26D,27D,28D,29D,30D. The first-order valence-corrected chi connectivity index (χ1v) is 37.2. The lowest BCUT2D eigenvalue weighted by atomic mass is 9.98. The minimum absolute atomic E-state index is 0.00180. The number of furan rings is 2. The smallest absolute Gasteiger partial charge is 0.238 e. The van der Waals surface area contributed by atoms with Crippen molar-refractivity contribution >= 4 is 151 Å². The van der Waals surface area contributed by atoms with Gasteiger partial charge in [0.1, 0.15) is 22.3 Å². The van der Waals surface area contributed by atoms with Gasteiger partial charge in [0.2, 0.25) is 11.9 Å². The molecule has 8 aromatic heterocycles. The van der Waals surface area contributed by atoms with Crippen molar-refractivity contribution in [2.45, 2.75) is 0 Å². The Morgan fingerprint density at radius 2 is 0.763 bits per heavy atom. The van der Waals surface area contributed by atoms with Gasteiger partial charge in [0.05, 0.1) is 63.2 Å². The molecule has 0 aliphatic heterocycles. The van der Waals surface area contributed by atoms with Crippen LogP contribution < -0.4 is 0 Å². The first-order chi connectivity index (χ1) is 69.0. The number of rotatable bonds is 10. The van der Waals surface area contributed by atoms with Crippen LogP contribution in [0.3, 0.4) is 0 Å². The zero-order valence-electron chi connectivity index (χ0n) is 88.5. The Bertz CT molecular complexity index is 9890. The quantitative estimate of drug-likeness (QED) is 0.133. The Hall–Kier alpha value is -14.8. The summed E-state index contributed by atoms with van der Waals surface area (Å²) < 4.78 is 287. The number of thiophene rings is 2. The molecule has 0 N–H and O–H groups in total. The largest absolute Gasteiger partial charge is 0.456 e. The monoisotopic (exact) mass is 1520 g/mol. The van der Waals surface area contributed by atoms with E-state index in [1.807, 2.05) is 54.6 Å². The lowest BCUT2D eigenvalue weighted by Gasteiger charge is -2.12. The zero-order valence-corrected chi connectivity index (χ0v) is 60.2. The highest BCUT2D eigenvalue weighted by Gasteiger charge is 2.27. The van der Waals surface area contributed by atoms with Gasteiger partial charge < -0.3 is 8.83 Å². The Morgan fingerprint density at radius 3 is 1.45 bits per heavy atom. The molecule has 0 saturated heterocycles. The predicted octanol–water partition coefficient (Wildman–Crippen LogP) is 27.8. The second-order valence-electron chi connectivity index (χ2n) is 26.4. The average Bonchev–Trinajstić information content (AvgIpc) is 1.51. The summed E-state index contributed by atoms with van der Waals surface area (Å²) in [6, 6.07) is 39.4. The minimum atomic E-state index is -0.676. The van der Waals surface area contributed by atoms with Crippen molar-refractivity contribution in [1.29, 1.82) is 0 Å². The van der Waals surface area contributed by atoms with Crippen LogP contribution in [0.2, 0.25) is 0 Å².